The highest BCUT2D eigenvalue weighted by molar-refractivity contribution is 5.86. The first kappa shape index (κ1) is 17.8. The number of ether oxygens (including phenoxy) is 1. The fourth-order valence-corrected chi connectivity index (χ4v) is 2.93. The van der Waals surface area contributed by atoms with Crippen LogP contribution in [0.5, 0.6) is 5.75 Å². The molecular weight excluding hydrogens is 318 g/mol. The van der Waals surface area contributed by atoms with Crippen LogP contribution in [0.15, 0.2) is 78.9 Å². The quantitative estimate of drug-likeness (QED) is 0.651. The fourth-order valence-electron chi connectivity index (χ4n) is 2.93. The third kappa shape index (κ3) is 4.53. The van der Waals surface area contributed by atoms with Gasteiger partial charge in [0, 0.05) is 18.2 Å². The lowest BCUT2D eigenvalue weighted by molar-refractivity contribution is 0.414. The Morgan fingerprint density at radius 2 is 1.85 bits per heavy atom. The predicted octanol–water partition coefficient (Wildman–Crippen LogP) is 5.11. The molecule has 3 aromatic rings. The number of benzene rings is 3. The van der Waals surface area contributed by atoms with Gasteiger partial charge in [0.05, 0.1) is 7.11 Å². The summed E-state index contributed by atoms with van der Waals surface area (Å²) in [7, 11) is 1.66. The SMILES string of the molecule is COc1cccc(C#C/C=C/CNC(C)c2cccc3ccccc23)c1. The Morgan fingerprint density at radius 3 is 2.73 bits per heavy atom. The summed E-state index contributed by atoms with van der Waals surface area (Å²) in [6, 6.07) is 23.0. The van der Waals surface area contributed by atoms with Crippen LogP contribution in [0, 0.1) is 11.8 Å². The normalized spacial score (nSPS) is 11.9. The van der Waals surface area contributed by atoms with Crippen LogP contribution in [0.25, 0.3) is 10.8 Å². The molecular formula is C24H23NO. The molecule has 3 aromatic carbocycles. The van der Waals surface area contributed by atoms with Crippen LogP contribution in [0.2, 0.25) is 0 Å². The second-order valence-electron chi connectivity index (χ2n) is 6.10. The van der Waals surface area contributed by atoms with Crippen molar-refractivity contribution >= 4 is 10.8 Å². The van der Waals surface area contributed by atoms with E-state index in [0.717, 1.165) is 17.9 Å². The molecule has 0 saturated carbocycles. The van der Waals surface area contributed by atoms with E-state index < -0.39 is 0 Å². The van der Waals surface area contributed by atoms with E-state index in [1.54, 1.807) is 7.11 Å². The Morgan fingerprint density at radius 1 is 1.04 bits per heavy atom. The van der Waals surface area contributed by atoms with Gasteiger partial charge in [-0.2, -0.15) is 0 Å². The first-order valence-corrected chi connectivity index (χ1v) is 8.79. The maximum Gasteiger partial charge on any atom is 0.120 e. The van der Waals surface area contributed by atoms with E-state index in [9.17, 15) is 0 Å². The molecule has 0 bridgehead atoms. The number of hydrogen-bond acceptors (Lipinski definition) is 2. The Labute approximate surface area is 155 Å². The van der Waals surface area contributed by atoms with Crippen molar-refractivity contribution in [3.8, 4) is 17.6 Å². The molecule has 0 spiro atoms. The average Bonchev–Trinajstić information content (AvgIpc) is 2.70. The minimum absolute atomic E-state index is 0.275. The van der Waals surface area contributed by atoms with E-state index in [2.05, 4.69) is 72.6 Å². The third-order valence-corrected chi connectivity index (χ3v) is 4.32. The second-order valence-corrected chi connectivity index (χ2v) is 6.10. The van der Waals surface area contributed by atoms with Crippen molar-refractivity contribution in [3.05, 3.63) is 90.0 Å². The first-order valence-electron chi connectivity index (χ1n) is 8.79. The second kappa shape index (κ2) is 8.89. The Balaban J connectivity index is 1.57. The van der Waals surface area contributed by atoms with Crippen molar-refractivity contribution in [2.75, 3.05) is 13.7 Å². The summed E-state index contributed by atoms with van der Waals surface area (Å²) in [5.41, 5.74) is 2.27. The van der Waals surface area contributed by atoms with Crippen molar-refractivity contribution in [2.24, 2.45) is 0 Å². The monoisotopic (exact) mass is 341 g/mol. The molecule has 3 rings (SSSR count). The zero-order valence-electron chi connectivity index (χ0n) is 15.2. The van der Waals surface area contributed by atoms with Crippen LogP contribution in [0.3, 0.4) is 0 Å². The molecule has 2 heteroatoms. The molecule has 0 aliphatic carbocycles. The van der Waals surface area contributed by atoms with Crippen molar-refractivity contribution in [2.45, 2.75) is 13.0 Å². The van der Waals surface area contributed by atoms with Crippen molar-refractivity contribution < 1.29 is 4.74 Å². The van der Waals surface area contributed by atoms with E-state index in [1.165, 1.54) is 16.3 Å². The highest BCUT2D eigenvalue weighted by atomic mass is 16.5. The average molecular weight is 341 g/mol. The van der Waals surface area contributed by atoms with Gasteiger partial charge in [-0.15, -0.1) is 0 Å². The molecule has 1 atom stereocenters. The minimum Gasteiger partial charge on any atom is -0.497 e. The molecule has 0 saturated heterocycles. The number of methoxy groups -OCH3 is 1. The minimum atomic E-state index is 0.275. The topological polar surface area (TPSA) is 21.3 Å². The molecule has 1 N–H and O–H groups in total. The number of allylic oxidation sites excluding steroid dienone is 1. The largest absolute Gasteiger partial charge is 0.497 e. The van der Waals surface area contributed by atoms with Crippen LogP contribution >= 0.6 is 0 Å². The zero-order chi connectivity index (χ0) is 18.2. The van der Waals surface area contributed by atoms with E-state index in [4.69, 9.17) is 4.74 Å². The Bertz CT molecular complexity index is 957. The van der Waals surface area contributed by atoms with Gasteiger partial charge < -0.3 is 10.1 Å². The zero-order valence-corrected chi connectivity index (χ0v) is 15.2. The summed E-state index contributed by atoms with van der Waals surface area (Å²) < 4.78 is 5.20. The van der Waals surface area contributed by atoms with Crippen LogP contribution in [0.4, 0.5) is 0 Å². The number of hydrogen-bond donors (Lipinski definition) is 1. The standard InChI is InChI=1S/C24H23NO/c1-19(23-16-9-13-21-12-5-6-15-24(21)23)25-17-7-3-4-10-20-11-8-14-22(18-20)26-2/h3,5-9,11-16,18-19,25H,17H2,1-2H3/b7-3+. The van der Waals surface area contributed by atoms with Crippen molar-refractivity contribution in [3.63, 3.8) is 0 Å². The molecule has 0 aliphatic rings. The van der Waals surface area contributed by atoms with E-state index in [0.29, 0.717) is 0 Å². The maximum atomic E-state index is 5.20. The smallest absolute Gasteiger partial charge is 0.120 e. The van der Waals surface area contributed by atoms with Crippen LogP contribution in [0.1, 0.15) is 24.1 Å². The lowest BCUT2D eigenvalue weighted by Gasteiger charge is -2.15. The van der Waals surface area contributed by atoms with Gasteiger partial charge in [0.1, 0.15) is 5.75 Å². The summed E-state index contributed by atoms with van der Waals surface area (Å²) in [4.78, 5) is 0. The maximum absolute atomic E-state index is 5.20. The predicted molar refractivity (Wildman–Crippen MR) is 109 cm³/mol. The van der Waals surface area contributed by atoms with Crippen molar-refractivity contribution in [1.29, 1.82) is 0 Å². The van der Waals surface area contributed by atoms with E-state index in [-0.39, 0.29) is 6.04 Å². The van der Waals surface area contributed by atoms with Gasteiger partial charge in [0.25, 0.3) is 0 Å². The van der Waals surface area contributed by atoms with E-state index >= 15 is 0 Å². The molecule has 0 heterocycles. The fraction of sp³-hybridized carbons (Fsp3) is 0.167. The molecule has 0 aromatic heterocycles. The highest BCUT2D eigenvalue weighted by Gasteiger charge is 2.07. The first-order chi connectivity index (χ1) is 12.8. The summed E-state index contributed by atoms with van der Waals surface area (Å²) in [6.07, 6.45) is 3.94. The van der Waals surface area contributed by atoms with Gasteiger partial charge in [-0.05, 0) is 47.5 Å². The summed E-state index contributed by atoms with van der Waals surface area (Å²) in [5, 5.41) is 6.11. The molecule has 0 aliphatic heterocycles. The molecule has 2 nitrogen and oxygen atoms in total. The lowest BCUT2D eigenvalue weighted by Crippen LogP contribution is -2.18. The molecule has 0 radical (unpaired) electrons. The van der Waals surface area contributed by atoms with Crippen molar-refractivity contribution in [1.82, 2.24) is 5.32 Å². The lowest BCUT2D eigenvalue weighted by atomic mass is 10.00. The summed E-state index contributed by atoms with van der Waals surface area (Å²) >= 11 is 0. The van der Waals surface area contributed by atoms with Crippen LogP contribution < -0.4 is 10.1 Å². The van der Waals surface area contributed by atoms with Gasteiger partial charge >= 0.3 is 0 Å². The Hall–Kier alpha value is -3.02. The molecule has 1 unspecified atom stereocenters. The van der Waals surface area contributed by atoms with Crippen LogP contribution in [-0.4, -0.2) is 13.7 Å². The summed E-state index contributed by atoms with van der Waals surface area (Å²) in [5.74, 6) is 7.01. The van der Waals surface area contributed by atoms with Gasteiger partial charge in [-0.3, -0.25) is 0 Å². The van der Waals surface area contributed by atoms with E-state index in [1.807, 2.05) is 30.3 Å². The van der Waals surface area contributed by atoms with Gasteiger partial charge in [-0.1, -0.05) is 66.4 Å². The number of fused-ring (bicyclic) bond motifs is 1. The van der Waals surface area contributed by atoms with Crippen LogP contribution in [-0.2, 0) is 0 Å². The molecule has 26 heavy (non-hydrogen) atoms. The highest BCUT2D eigenvalue weighted by Crippen LogP contribution is 2.23. The Kier molecular flexibility index (Phi) is 6.09. The van der Waals surface area contributed by atoms with Gasteiger partial charge in [0.15, 0.2) is 0 Å². The van der Waals surface area contributed by atoms with Gasteiger partial charge in [-0.25, -0.2) is 0 Å². The number of rotatable bonds is 5. The third-order valence-electron chi connectivity index (χ3n) is 4.32. The molecule has 130 valence electrons. The van der Waals surface area contributed by atoms with Gasteiger partial charge in [0.2, 0.25) is 0 Å². The number of nitrogens with one attached hydrogen (secondary N) is 1. The molecule has 0 amide bonds. The summed E-state index contributed by atoms with van der Waals surface area (Å²) in [6.45, 7) is 2.97. The molecule has 0 fully saturated rings.